The van der Waals surface area contributed by atoms with Crippen LogP contribution in [0.4, 0.5) is 0 Å². The number of carbonyl (C=O) groups is 1. The van der Waals surface area contributed by atoms with E-state index in [1.165, 1.54) is 4.31 Å². The van der Waals surface area contributed by atoms with E-state index < -0.39 is 10.0 Å². The monoisotopic (exact) mass is 470 g/mol. The Hall–Kier alpha value is -2.71. The Morgan fingerprint density at radius 1 is 1.06 bits per heavy atom. The second-order valence-electron chi connectivity index (χ2n) is 8.62. The van der Waals surface area contributed by atoms with Gasteiger partial charge in [-0.25, -0.2) is 12.7 Å². The van der Waals surface area contributed by atoms with Crippen molar-refractivity contribution in [1.29, 1.82) is 0 Å². The molecule has 8 heteroatoms. The fourth-order valence-electron chi connectivity index (χ4n) is 3.76. The highest BCUT2D eigenvalue weighted by molar-refractivity contribution is 7.89. The Bertz CT molecular complexity index is 1110. The zero-order chi connectivity index (χ0) is 24.0. The molecule has 178 valence electrons. The number of amides is 1. The number of rotatable bonds is 10. The van der Waals surface area contributed by atoms with Gasteiger partial charge < -0.3 is 10.2 Å². The summed E-state index contributed by atoms with van der Waals surface area (Å²) in [5.74, 6) is 0.965. The van der Waals surface area contributed by atoms with Crippen LogP contribution in [-0.2, 0) is 21.2 Å². The lowest BCUT2D eigenvalue weighted by Gasteiger charge is -2.20. The van der Waals surface area contributed by atoms with Crippen LogP contribution in [0, 0.1) is 13.8 Å². The van der Waals surface area contributed by atoms with Gasteiger partial charge in [-0.3, -0.25) is 9.79 Å². The second-order valence-corrected chi connectivity index (χ2v) is 10.6. The van der Waals surface area contributed by atoms with E-state index in [-0.39, 0.29) is 5.91 Å². The van der Waals surface area contributed by atoms with Gasteiger partial charge >= 0.3 is 0 Å². The maximum absolute atomic E-state index is 12.9. The van der Waals surface area contributed by atoms with Crippen molar-refractivity contribution in [3.63, 3.8) is 0 Å². The van der Waals surface area contributed by atoms with Gasteiger partial charge in [0.25, 0.3) is 0 Å². The smallest absolute Gasteiger partial charge is 0.243 e. The molecule has 33 heavy (non-hydrogen) atoms. The van der Waals surface area contributed by atoms with Crippen LogP contribution in [-0.4, -0.2) is 69.6 Å². The summed E-state index contributed by atoms with van der Waals surface area (Å²) in [5, 5.41) is 3.26. The molecule has 1 aliphatic rings. The third-order valence-electron chi connectivity index (χ3n) is 5.96. The summed E-state index contributed by atoms with van der Waals surface area (Å²) in [5.41, 5.74) is 3.88. The average molecular weight is 471 g/mol. The summed E-state index contributed by atoms with van der Waals surface area (Å²) in [7, 11) is -0.204. The van der Waals surface area contributed by atoms with Crippen LogP contribution in [0.15, 0.2) is 52.4 Å². The quantitative estimate of drug-likeness (QED) is 0.579. The van der Waals surface area contributed by atoms with E-state index in [9.17, 15) is 13.2 Å². The summed E-state index contributed by atoms with van der Waals surface area (Å²) in [6, 6.07) is 13.7. The van der Waals surface area contributed by atoms with Gasteiger partial charge in [-0.05, 0) is 49.4 Å². The first-order valence-electron chi connectivity index (χ1n) is 11.3. The van der Waals surface area contributed by atoms with Crippen molar-refractivity contribution < 1.29 is 13.2 Å². The summed E-state index contributed by atoms with van der Waals surface area (Å²) < 4.78 is 27.1. The Morgan fingerprint density at radius 3 is 2.45 bits per heavy atom. The number of hydrogen-bond donors (Lipinski definition) is 1. The zero-order valence-electron chi connectivity index (χ0n) is 20.0. The normalized spacial score (nSPS) is 13.7. The molecule has 0 saturated carbocycles. The number of sulfonamides is 1. The van der Waals surface area contributed by atoms with Crippen LogP contribution >= 0.6 is 0 Å². The van der Waals surface area contributed by atoms with E-state index >= 15 is 0 Å². The summed E-state index contributed by atoms with van der Waals surface area (Å²) in [6.07, 6.45) is 1.56. The Balaban J connectivity index is 1.44. The summed E-state index contributed by atoms with van der Waals surface area (Å²) in [4.78, 5) is 19.0. The number of hydrogen-bond acceptors (Lipinski definition) is 5. The van der Waals surface area contributed by atoms with Crippen LogP contribution in [0.25, 0.3) is 0 Å². The van der Waals surface area contributed by atoms with Crippen molar-refractivity contribution in [2.24, 2.45) is 4.99 Å². The minimum absolute atomic E-state index is 0.0219. The number of carbonyl (C=O) groups excluding carboxylic acids is 1. The third kappa shape index (κ3) is 6.42. The van der Waals surface area contributed by atoms with Crippen molar-refractivity contribution >= 4 is 21.8 Å². The average Bonchev–Trinajstić information content (AvgIpc) is 3.34. The molecule has 3 rings (SSSR count). The lowest BCUT2D eigenvalue weighted by molar-refractivity contribution is -0.130. The van der Waals surface area contributed by atoms with E-state index in [1.807, 2.05) is 19.1 Å². The molecule has 0 bridgehead atoms. The first-order chi connectivity index (χ1) is 15.7. The molecule has 1 heterocycles. The van der Waals surface area contributed by atoms with Gasteiger partial charge in [0.15, 0.2) is 0 Å². The van der Waals surface area contributed by atoms with Gasteiger partial charge in [0.2, 0.25) is 15.9 Å². The summed E-state index contributed by atoms with van der Waals surface area (Å²) >= 11 is 0. The predicted octanol–water partition coefficient (Wildman–Crippen LogP) is 2.76. The lowest BCUT2D eigenvalue weighted by atomic mass is 10.1. The topological polar surface area (TPSA) is 82.1 Å². The molecular weight excluding hydrogens is 436 g/mol. The maximum atomic E-state index is 12.9. The Morgan fingerprint density at radius 2 is 1.79 bits per heavy atom. The number of nitrogens with one attached hydrogen (secondary N) is 1. The number of nitrogens with zero attached hydrogens (tertiary/aromatic N) is 3. The molecule has 1 N–H and O–H groups in total. The highest BCUT2D eigenvalue weighted by Gasteiger charge is 2.23. The fourth-order valence-corrected chi connectivity index (χ4v) is 5.27. The molecule has 0 spiro atoms. The van der Waals surface area contributed by atoms with Gasteiger partial charge in [0, 0.05) is 45.7 Å². The number of amidine groups is 1. The number of aliphatic imine (C=N–C) groups is 1. The summed E-state index contributed by atoms with van der Waals surface area (Å²) in [6.45, 7) is 6.30. The molecule has 0 radical (unpaired) electrons. The van der Waals surface area contributed by atoms with Crippen LogP contribution in [0.1, 0.15) is 35.1 Å². The molecule has 2 aromatic rings. The number of likely N-dealkylation sites (N-methyl/N-ethyl adjacent to an activating group) is 1. The van der Waals surface area contributed by atoms with Crippen molar-refractivity contribution in [3.05, 3.63) is 64.7 Å². The zero-order valence-corrected chi connectivity index (χ0v) is 20.8. The number of aryl methyl sites for hydroxylation is 2. The molecule has 0 aliphatic carbocycles. The van der Waals surface area contributed by atoms with Crippen molar-refractivity contribution in [1.82, 2.24) is 14.5 Å². The Kier molecular flexibility index (Phi) is 8.26. The van der Waals surface area contributed by atoms with Crippen LogP contribution in [0.3, 0.4) is 0 Å². The highest BCUT2D eigenvalue weighted by Crippen LogP contribution is 2.20. The fraction of sp³-hybridized carbons (Fsp3) is 0.440. The lowest BCUT2D eigenvalue weighted by Crippen LogP contribution is -2.31. The van der Waals surface area contributed by atoms with Gasteiger partial charge in [0.1, 0.15) is 5.84 Å². The molecule has 0 atom stereocenters. The van der Waals surface area contributed by atoms with Crippen molar-refractivity contribution in [2.75, 3.05) is 40.3 Å². The van der Waals surface area contributed by atoms with Gasteiger partial charge in [0.05, 0.1) is 11.4 Å². The van der Waals surface area contributed by atoms with Crippen LogP contribution in [0.2, 0.25) is 0 Å². The molecule has 0 fully saturated rings. The molecule has 0 aromatic heterocycles. The van der Waals surface area contributed by atoms with Crippen LogP contribution in [0.5, 0.6) is 0 Å². The van der Waals surface area contributed by atoms with E-state index in [4.69, 9.17) is 0 Å². The second kappa shape index (κ2) is 10.9. The molecule has 1 aliphatic heterocycles. The van der Waals surface area contributed by atoms with E-state index in [1.54, 1.807) is 32.0 Å². The predicted molar refractivity (Wildman–Crippen MR) is 132 cm³/mol. The van der Waals surface area contributed by atoms with Gasteiger partial charge in [-0.15, -0.1) is 0 Å². The minimum atomic E-state index is -3.57. The van der Waals surface area contributed by atoms with Crippen molar-refractivity contribution in [2.45, 2.75) is 38.0 Å². The molecular formula is C25H34N4O3S. The molecule has 0 saturated heterocycles. The Labute approximate surface area is 197 Å². The molecule has 7 nitrogen and oxygen atoms in total. The van der Waals surface area contributed by atoms with Crippen LogP contribution < -0.4 is 5.32 Å². The van der Waals surface area contributed by atoms with E-state index in [0.717, 1.165) is 47.6 Å². The number of benzene rings is 2. The van der Waals surface area contributed by atoms with E-state index in [2.05, 4.69) is 34.6 Å². The standard InChI is InChI=1S/C25H34N4O3S/c1-19-7-8-20(2)23(18-19)33(31,32)29(4)16-5-6-24(30)28(3)17-13-21-9-11-22(12-10-21)25-26-14-15-27-25/h7-12,18H,5-6,13-17H2,1-4H3,(H,26,27). The molecule has 0 unspecified atom stereocenters. The molecule has 2 aromatic carbocycles. The first kappa shape index (κ1) is 24.9. The van der Waals surface area contributed by atoms with Crippen molar-refractivity contribution in [3.8, 4) is 0 Å². The largest absolute Gasteiger partial charge is 0.368 e. The first-order valence-corrected chi connectivity index (χ1v) is 12.8. The minimum Gasteiger partial charge on any atom is -0.368 e. The van der Waals surface area contributed by atoms with Gasteiger partial charge in [-0.1, -0.05) is 36.4 Å². The van der Waals surface area contributed by atoms with E-state index in [0.29, 0.717) is 30.8 Å². The van der Waals surface area contributed by atoms with Gasteiger partial charge in [-0.2, -0.15) is 0 Å². The third-order valence-corrected chi connectivity index (χ3v) is 7.96. The highest BCUT2D eigenvalue weighted by atomic mass is 32.2. The molecule has 1 amide bonds. The SMILES string of the molecule is Cc1ccc(C)c(S(=O)(=O)N(C)CCCC(=O)N(C)CCc2ccc(C3=NCCN3)cc2)c1. The maximum Gasteiger partial charge on any atom is 0.243 e.